The Hall–Kier alpha value is -0.200. The Morgan fingerprint density at radius 1 is 1.25 bits per heavy atom. The second-order valence-electron chi connectivity index (χ2n) is 4.79. The van der Waals surface area contributed by atoms with Gasteiger partial charge in [-0.15, -0.1) is 11.6 Å². The largest absolute Gasteiger partial charge is 0.126 e. The molecule has 0 spiro atoms. The molecule has 0 radical (unpaired) electrons. The molecular formula is C14H18Cl2. The van der Waals surface area contributed by atoms with Crippen molar-refractivity contribution in [2.75, 3.05) is 5.88 Å². The molecule has 1 aromatic carbocycles. The first-order valence-corrected chi connectivity index (χ1v) is 7.01. The molecular weight excluding hydrogens is 239 g/mol. The number of hydrogen-bond donors (Lipinski definition) is 0. The Kier molecular flexibility index (Phi) is 4.55. The quantitative estimate of drug-likeness (QED) is 0.671. The minimum absolute atomic E-state index is 0.627. The number of benzene rings is 1. The first kappa shape index (κ1) is 12.3. The van der Waals surface area contributed by atoms with Gasteiger partial charge in [0.05, 0.1) is 0 Å². The van der Waals surface area contributed by atoms with Crippen LogP contribution in [0.2, 0.25) is 5.02 Å². The normalized spacial score (nSPS) is 18.9. The molecule has 2 heteroatoms. The summed E-state index contributed by atoms with van der Waals surface area (Å²) in [5.74, 6) is 2.23. The Morgan fingerprint density at radius 2 is 2.00 bits per heavy atom. The highest BCUT2D eigenvalue weighted by Crippen LogP contribution is 2.34. The molecule has 2 rings (SSSR count). The molecule has 1 aromatic rings. The van der Waals surface area contributed by atoms with Crippen LogP contribution in [-0.4, -0.2) is 5.88 Å². The second kappa shape index (κ2) is 5.93. The standard InChI is InChI=1S/C14H18Cl2/c15-10-13(12-5-1-2-6-12)8-11-4-3-7-14(16)9-11/h3-4,7,9,12-13H,1-2,5-6,8,10H2. The zero-order valence-electron chi connectivity index (χ0n) is 9.46. The van der Waals surface area contributed by atoms with E-state index in [2.05, 4.69) is 12.1 Å². The van der Waals surface area contributed by atoms with Crippen LogP contribution in [0.3, 0.4) is 0 Å². The van der Waals surface area contributed by atoms with E-state index in [0.717, 1.165) is 23.2 Å². The van der Waals surface area contributed by atoms with Crippen LogP contribution in [0, 0.1) is 11.8 Å². The van der Waals surface area contributed by atoms with Gasteiger partial charge in [-0.05, 0) is 36.0 Å². The summed E-state index contributed by atoms with van der Waals surface area (Å²) in [5.41, 5.74) is 1.32. The Balaban J connectivity index is 2.00. The van der Waals surface area contributed by atoms with Crippen LogP contribution in [0.1, 0.15) is 31.2 Å². The van der Waals surface area contributed by atoms with E-state index in [4.69, 9.17) is 23.2 Å². The van der Waals surface area contributed by atoms with Gasteiger partial charge in [-0.2, -0.15) is 0 Å². The van der Waals surface area contributed by atoms with E-state index in [1.807, 2.05) is 12.1 Å². The lowest BCUT2D eigenvalue weighted by Gasteiger charge is -2.21. The van der Waals surface area contributed by atoms with Gasteiger partial charge in [-0.3, -0.25) is 0 Å². The van der Waals surface area contributed by atoms with Crippen molar-refractivity contribution in [1.29, 1.82) is 0 Å². The van der Waals surface area contributed by atoms with Crippen LogP contribution in [0.5, 0.6) is 0 Å². The lowest BCUT2D eigenvalue weighted by molar-refractivity contribution is 0.369. The first-order chi connectivity index (χ1) is 7.79. The number of hydrogen-bond acceptors (Lipinski definition) is 0. The van der Waals surface area contributed by atoms with Crippen molar-refractivity contribution in [3.8, 4) is 0 Å². The summed E-state index contributed by atoms with van der Waals surface area (Å²) in [5, 5.41) is 0.831. The van der Waals surface area contributed by atoms with E-state index in [1.54, 1.807) is 0 Å². The van der Waals surface area contributed by atoms with Crippen LogP contribution in [0.15, 0.2) is 24.3 Å². The highest BCUT2D eigenvalue weighted by molar-refractivity contribution is 6.30. The summed E-state index contributed by atoms with van der Waals surface area (Å²) in [6.07, 6.45) is 6.56. The average molecular weight is 257 g/mol. The summed E-state index contributed by atoms with van der Waals surface area (Å²) < 4.78 is 0. The molecule has 0 aromatic heterocycles. The molecule has 1 saturated carbocycles. The highest BCUT2D eigenvalue weighted by Gasteiger charge is 2.24. The van der Waals surface area contributed by atoms with Crippen molar-refractivity contribution in [3.05, 3.63) is 34.9 Å². The molecule has 16 heavy (non-hydrogen) atoms. The smallest absolute Gasteiger partial charge is 0.0408 e. The fraction of sp³-hybridized carbons (Fsp3) is 0.571. The van der Waals surface area contributed by atoms with Crippen LogP contribution in [-0.2, 0) is 6.42 Å². The van der Waals surface area contributed by atoms with E-state index < -0.39 is 0 Å². The van der Waals surface area contributed by atoms with Crippen LogP contribution >= 0.6 is 23.2 Å². The third-order valence-corrected chi connectivity index (χ3v) is 4.28. The minimum atomic E-state index is 0.627. The highest BCUT2D eigenvalue weighted by atomic mass is 35.5. The van der Waals surface area contributed by atoms with Gasteiger partial charge < -0.3 is 0 Å². The third-order valence-electron chi connectivity index (χ3n) is 3.65. The zero-order chi connectivity index (χ0) is 11.4. The molecule has 0 saturated heterocycles. The second-order valence-corrected chi connectivity index (χ2v) is 5.54. The molecule has 0 bridgehead atoms. The van der Waals surface area contributed by atoms with Gasteiger partial charge in [0.2, 0.25) is 0 Å². The van der Waals surface area contributed by atoms with Gasteiger partial charge in [-0.25, -0.2) is 0 Å². The lowest BCUT2D eigenvalue weighted by atomic mass is 9.87. The number of halogens is 2. The maximum Gasteiger partial charge on any atom is 0.0408 e. The van der Waals surface area contributed by atoms with Gasteiger partial charge in [-0.1, -0.05) is 49.4 Å². The maximum absolute atomic E-state index is 6.10. The molecule has 1 atom stereocenters. The molecule has 0 amide bonds. The molecule has 0 N–H and O–H groups in total. The molecule has 0 heterocycles. The fourth-order valence-electron chi connectivity index (χ4n) is 2.74. The van der Waals surface area contributed by atoms with Gasteiger partial charge in [0.15, 0.2) is 0 Å². The number of rotatable bonds is 4. The van der Waals surface area contributed by atoms with Crippen LogP contribution < -0.4 is 0 Å². The fourth-order valence-corrected chi connectivity index (χ4v) is 3.32. The number of alkyl halides is 1. The average Bonchev–Trinajstić information content (AvgIpc) is 2.79. The summed E-state index contributed by atoms with van der Waals surface area (Å²) >= 11 is 12.1. The molecule has 0 aliphatic heterocycles. The first-order valence-electron chi connectivity index (χ1n) is 6.10. The monoisotopic (exact) mass is 256 g/mol. The SMILES string of the molecule is ClCC(Cc1cccc(Cl)c1)C1CCCC1. The van der Waals surface area contributed by atoms with Crippen molar-refractivity contribution in [2.45, 2.75) is 32.1 Å². The van der Waals surface area contributed by atoms with Crippen molar-refractivity contribution in [3.63, 3.8) is 0 Å². The predicted molar refractivity (Wildman–Crippen MR) is 71.3 cm³/mol. The van der Waals surface area contributed by atoms with Gasteiger partial charge in [0.25, 0.3) is 0 Å². The Morgan fingerprint density at radius 3 is 2.62 bits per heavy atom. The summed E-state index contributed by atoms with van der Waals surface area (Å²) in [7, 11) is 0. The van der Waals surface area contributed by atoms with Crippen LogP contribution in [0.4, 0.5) is 0 Å². The van der Waals surface area contributed by atoms with Crippen molar-refractivity contribution in [2.24, 2.45) is 11.8 Å². The van der Waals surface area contributed by atoms with E-state index >= 15 is 0 Å². The Bertz CT molecular complexity index is 329. The van der Waals surface area contributed by atoms with E-state index in [-0.39, 0.29) is 0 Å². The molecule has 1 aliphatic rings. The maximum atomic E-state index is 6.10. The van der Waals surface area contributed by atoms with E-state index in [1.165, 1.54) is 31.2 Å². The predicted octanol–water partition coefficient (Wildman–Crippen LogP) is 4.93. The third kappa shape index (κ3) is 3.15. The van der Waals surface area contributed by atoms with Crippen molar-refractivity contribution < 1.29 is 0 Å². The zero-order valence-corrected chi connectivity index (χ0v) is 11.0. The topological polar surface area (TPSA) is 0 Å². The van der Waals surface area contributed by atoms with Crippen molar-refractivity contribution >= 4 is 23.2 Å². The lowest BCUT2D eigenvalue weighted by Crippen LogP contribution is -2.16. The summed E-state index contributed by atoms with van der Waals surface area (Å²) in [6.45, 7) is 0. The molecule has 88 valence electrons. The van der Waals surface area contributed by atoms with E-state index in [9.17, 15) is 0 Å². The molecule has 0 nitrogen and oxygen atoms in total. The van der Waals surface area contributed by atoms with Crippen molar-refractivity contribution in [1.82, 2.24) is 0 Å². The summed E-state index contributed by atoms with van der Waals surface area (Å²) in [4.78, 5) is 0. The minimum Gasteiger partial charge on any atom is -0.126 e. The van der Waals surface area contributed by atoms with Gasteiger partial charge in [0.1, 0.15) is 0 Å². The van der Waals surface area contributed by atoms with Crippen LogP contribution in [0.25, 0.3) is 0 Å². The van der Waals surface area contributed by atoms with Gasteiger partial charge in [0, 0.05) is 10.9 Å². The summed E-state index contributed by atoms with van der Waals surface area (Å²) in [6, 6.07) is 8.17. The van der Waals surface area contributed by atoms with Gasteiger partial charge >= 0.3 is 0 Å². The molecule has 1 fully saturated rings. The molecule has 1 unspecified atom stereocenters. The molecule has 1 aliphatic carbocycles. The van der Waals surface area contributed by atoms with E-state index in [0.29, 0.717) is 5.92 Å². The Labute approximate surface area is 108 Å².